The molecule has 3 aromatic rings. The zero-order valence-electron chi connectivity index (χ0n) is 19.0. The van der Waals surface area contributed by atoms with Gasteiger partial charge in [0, 0.05) is 0 Å². The van der Waals surface area contributed by atoms with Gasteiger partial charge in [0.05, 0.1) is 6.04 Å². The van der Waals surface area contributed by atoms with Crippen LogP contribution in [0.5, 0.6) is 0 Å². The number of carbonyl (C=O) groups excluding carboxylic acids is 1. The standard InChI is InChI=1S/C29H34N2O/c1-21-13-15-25(16-14-21)28(31-29(32)27(30)24-11-7-4-8-12-24)26-19-17-23(18-20-26)22-9-5-2-3-6-10-22/h4,7-8,11-20,22,27-28H,2-3,5-6,9-10,30H2,1H3,(H,31,32)/t27-,28?/m0/s1. The number of amides is 1. The van der Waals surface area contributed by atoms with E-state index in [0.29, 0.717) is 5.92 Å². The van der Waals surface area contributed by atoms with Gasteiger partial charge in [-0.3, -0.25) is 4.79 Å². The van der Waals surface area contributed by atoms with Gasteiger partial charge in [0.15, 0.2) is 0 Å². The van der Waals surface area contributed by atoms with Crippen molar-refractivity contribution in [2.45, 2.75) is 63.5 Å². The van der Waals surface area contributed by atoms with Crippen molar-refractivity contribution in [3.05, 3.63) is 107 Å². The molecular weight excluding hydrogens is 392 g/mol. The predicted molar refractivity (Wildman–Crippen MR) is 131 cm³/mol. The lowest BCUT2D eigenvalue weighted by atomic mass is 9.89. The smallest absolute Gasteiger partial charge is 0.242 e. The van der Waals surface area contributed by atoms with Crippen molar-refractivity contribution in [3.8, 4) is 0 Å². The molecule has 0 aromatic heterocycles. The van der Waals surface area contributed by atoms with Crippen molar-refractivity contribution in [1.82, 2.24) is 5.32 Å². The highest BCUT2D eigenvalue weighted by Crippen LogP contribution is 2.33. The van der Waals surface area contributed by atoms with Crippen molar-refractivity contribution < 1.29 is 4.79 Å². The van der Waals surface area contributed by atoms with Gasteiger partial charge < -0.3 is 11.1 Å². The second kappa shape index (κ2) is 10.6. The molecule has 0 heterocycles. The Morgan fingerprint density at radius 3 is 1.94 bits per heavy atom. The summed E-state index contributed by atoms with van der Waals surface area (Å²) in [7, 11) is 0. The molecule has 4 rings (SSSR count). The minimum absolute atomic E-state index is 0.172. The van der Waals surface area contributed by atoms with Gasteiger partial charge in [-0.2, -0.15) is 0 Å². The van der Waals surface area contributed by atoms with E-state index in [1.807, 2.05) is 30.3 Å². The van der Waals surface area contributed by atoms with Gasteiger partial charge in [0.1, 0.15) is 6.04 Å². The number of hydrogen-bond acceptors (Lipinski definition) is 2. The van der Waals surface area contributed by atoms with Gasteiger partial charge in [0.2, 0.25) is 5.91 Å². The maximum absolute atomic E-state index is 13.1. The lowest BCUT2D eigenvalue weighted by Gasteiger charge is -2.23. The summed E-state index contributed by atoms with van der Waals surface area (Å²) in [6.45, 7) is 2.07. The Labute approximate surface area is 192 Å². The van der Waals surface area contributed by atoms with Crippen LogP contribution in [-0.2, 0) is 4.79 Å². The highest BCUT2D eigenvalue weighted by molar-refractivity contribution is 5.83. The molecule has 0 saturated heterocycles. The zero-order valence-corrected chi connectivity index (χ0v) is 19.0. The molecule has 3 nitrogen and oxygen atoms in total. The number of nitrogens with one attached hydrogen (secondary N) is 1. The zero-order chi connectivity index (χ0) is 22.3. The molecule has 1 amide bonds. The van der Waals surface area contributed by atoms with Crippen molar-refractivity contribution in [1.29, 1.82) is 0 Å². The van der Waals surface area contributed by atoms with Gasteiger partial charge in [-0.15, -0.1) is 0 Å². The maximum Gasteiger partial charge on any atom is 0.242 e. The molecule has 3 N–H and O–H groups in total. The molecular formula is C29H34N2O. The normalized spacial score (nSPS) is 16.7. The Hall–Kier alpha value is -2.91. The first-order valence-corrected chi connectivity index (χ1v) is 11.9. The minimum atomic E-state index is -0.700. The molecule has 2 atom stereocenters. The molecule has 0 aliphatic heterocycles. The molecule has 1 aliphatic carbocycles. The first kappa shape index (κ1) is 22.3. The monoisotopic (exact) mass is 426 g/mol. The maximum atomic E-state index is 13.1. The summed E-state index contributed by atoms with van der Waals surface area (Å²) >= 11 is 0. The fourth-order valence-corrected chi connectivity index (χ4v) is 4.74. The second-order valence-corrected chi connectivity index (χ2v) is 9.10. The van der Waals surface area contributed by atoms with Gasteiger partial charge in [-0.1, -0.05) is 110 Å². The first-order chi connectivity index (χ1) is 15.6. The topological polar surface area (TPSA) is 55.1 Å². The van der Waals surface area contributed by atoms with Crippen LogP contribution in [0.2, 0.25) is 0 Å². The SMILES string of the molecule is Cc1ccc(C(NC(=O)[C@@H](N)c2ccccc2)c2ccc(C3CCCCCC3)cc2)cc1. The average Bonchev–Trinajstić information content (AvgIpc) is 3.13. The Bertz CT molecular complexity index is 988. The van der Waals surface area contributed by atoms with Crippen molar-refractivity contribution in [3.63, 3.8) is 0 Å². The van der Waals surface area contributed by atoms with E-state index in [0.717, 1.165) is 16.7 Å². The number of nitrogens with two attached hydrogens (primary N) is 1. The van der Waals surface area contributed by atoms with Gasteiger partial charge >= 0.3 is 0 Å². The number of benzene rings is 3. The van der Waals surface area contributed by atoms with E-state index in [1.165, 1.54) is 49.7 Å². The summed E-state index contributed by atoms with van der Waals surface area (Å²) in [5.41, 5.74) is 11.9. The molecule has 1 aliphatic rings. The summed E-state index contributed by atoms with van der Waals surface area (Å²) in [5.74, 6) is 0.486. The molecule has 1 saturated carbocycles. The molecule has 166 valence electrons. The Balaban J connectivity index is 1.58. The van der Waals surface area contributed by atoms with Crippen LogP contribution in [0.3, 0.4) is 0 Å². The number of hydrogen-bond donors (Lipinski definition) is 2. The number of carbonyl (C=O) groups is 1. The molecule has 1 fully saturated rings. The fourth-order valence-electron chi connectivity index (χ4n) is 4.74. The highest BCUT2D eigenvalue weighted by Gasteiger charge is 2.23. The summed E-state index contributed by atoms with van der Waals surface area (Å²) in [6.07, 6.45) is 7.93. The molecule has 3 aromatic carbocycles. The van der Waals surface area contributed by atoms with Crippen molar-refractivity contribution in [2.75, 3.05) is 0 Å². The molecule has 0 bridgehead atoms. The van der Waals surface area contributed by atoms with Crippen molar-refractivity contribution >= 4 is 5.91 Å². The lowest BCUT2D eigenvalue weighted by Crippen LogP contribution is -2.37. The van der Waals surface area contributed by atoms with Crippen LogP contribution < -0.4 is 11.1 Å². The van der Waals surface area contributed by atoms with Crippen LogP contribution in [0, 0.1) is 6.92 Å². The summed E-state index contributed by atoms with van der Waals surface area (Å²) in [5, 5.41) is 3.21. The molecule has 3 heteroatoms. The summed E-state index contributed by atoms with van der Waals surface area (Å²) in [6, 6.07) is 25.8. The number of aryl methyl sites for hydroxylation is 1. The third-order valence-electron chi connectivity index (χ3n) is 6.73. The van der Waals surface area contributed by atoms with E-state index < -0.39 is 6.04 Å². The van der Waals surface area contributed by atoms with Crippen LogP contribution in [0.15, 0.2) is 78.9 Å². The number of rotatable bonds is 6. The van der Waals surface area contributed by atoms with Crippen LogP contribution in [0.4, 0.5) is 0 Å². The Morgan fingerprint density at radius 1 is 0.781 bits per heavy atom. The molecule has 32 heavy (non-hydrogen) atoms. The molecule has 0 radical (unpaired) electrons. The first-order valence-electron chi connectivity index (χ1n) is 11.9. The van der Waals surface area contributed by atoms with Crippen LogP contribution in [0.1, 0.15) is 84.3 Å². The van der Waals surface area contributed by atoms with E-state index in [1.54, 1.807) is 0 Å². The molecule has 0 spiro atoms. The Kier molecular flexibility index (Phi) is 7.39. The fraction of sp³-hybridized carbons (Fsp3) is 0.345. The van der Waals surface area contributed by atoms with Crippen LogP contribution in [-0.4, -0.2) is 5.91 Å². The van der Waals surface area contributed by atoms with Gasteiger partial charge in [-0.05, 0) is 47.9 Å². The van der Waals surface area contributed by atoms with Crippen LogP contribution >= 0.6 is 0 Å². The minimum Gasteiger partial charge on any atom is -0.344 e. The third kappa shape index (κ3) is 5.46. The average molecular weight is 427 g/mol. The van der Waals surface area contributed by atoms with Gasteiger partial charge in [0.25, 0.3) is 0 Å². The third-order valence-corrected chi connectivity index (χ3v) is 6.73. The largest absolute Gasteiger partial charge is 0.344 e. The molecule has 1 unspecified atom stereocenters. The second-order valence-electron chi connectivity index (χ2n) is 9.10. The quantitative estimate of drug-likeness (QED) is 0.452. The lowest BCUT2D eigenvalue weighted by molar-refractivity contribution is -0.123. The van der Waals surface area contributed by atoms with E-state index in [4.69, 9.17) is 5.73 Å². The van der Waals surface area contributed by atoms with Gasteiger partial charge in [-0.25, -0.2) is 0 Å². The highest BCUT2D eigenvalue weighted by atomic mass is 16.2. The van der Waals surface area contributed by atoms with E-state index >= 15 is 0 Å². The Morgan fingerprint density at radius 2 is 1.34 bits per heavy atom. The summed E-state index contributed by atoms with van der Waals surface area (Å²) < 4.78 is 0. The van der Waals surface area contributed by atoms with Crippen LogP contribution in [0.25, 0.3) is 0 Å². The summed E-state index contributed by atoms with van der Waals surface area (Å²) in [4.78, 5) is 13.1. The van der Waals surface area contributed by atoms with E-state index in [9.17, 15) is 4.79 Å². The van der Waals surface area contributed by atoms with E-state index in [-0.39, 0.29) is 11.9 Å². The predicted octanol–water partition coefficient (Wildman–Crippen LogP) is 6.34. The van der Waals surface area contributed by atoms with E-state index in [2.05, 4.69) is 60.8 Å². The van der Waals surface area contributed by atoms with Crippen molar-refractivity contribution in [2.24, 2.45) is 5.73 Å².